The zero-order chi connectivity index (χ0) is 9.52. The van der Waals surface area contributed by atoms with Gasteiger partial charge in [-0.15, -0.1) is 11.3 Å². The molecule has 2 nitrogen and oxygen atoms in total. The van der Waals surface area contributed by atoms with Crippen molar-refractivity contribution in [2.24, 2.45) is 0 Å². The highest BCUT2D eigenvalue weighted by Crippen LogP contribution is 2.17. The molecule has 1 rings (SSSR count). The van der Waals surface area contributed by atoms with E-state index in [2.05, 4.69) is 29.8 Å². The van der Waals surface area contributed by atoms with Crippen LogP contribution in [0.25, 0.3) is 0 Å². The summed E-state index contributed by atoms with van der Waals surface area (Å²) in [4.78, 5) is 1.40. The zero-order valence-electron chi connectivity index (χ0n) is 8.25. The van der Waals surface area contributed by atoms with Crippen LogP contribution in [0.2, 0.25) is 0 Å². The van der Waals surface area contributed by atoms with E-state index in [-0.39, 0.29) is 0 Å². The van der Waals surface area contributed by atoms with Crippen molar-refractivity contribution >= 4 is 11.3 Å². The number of hydrogen-bond donors (Lipinski definition) is 1. The highest BCUT2D eigenvalue weighted by molar-refractivity contribution is 7.10. The minimum Gasteiger partial charge on any atom is -0.385 e. The second-order valence-electron chi connectivity index (χ2n) is 3.04. The van der Waals surface area contributed by atoms with Crippen LogP contribution in [0.4, 0.5) is 0 Å². The van der Waals surface area contributed by atoms with Gasteiger partial charge in [0.2, 0.25) is 0 Å². The molecule has 0 aliphatic heterocycles. The molecule has 0 aromatic carbocycles. The van der Waals surface area contributed by atoms with Crippen LogP contribution in [-0.4, -0.2) is 20.3 Å². The molecule has 0 bridgehead atoms. The number of rotatable bonds is 6. The van der Waals surface area contributed by atoms with Gasteiger partial charge in [0, 0.05) is 24.6 Å². The molecular weight excluding hydrogens is 182 g/mol. The Kier molecular flexibility index (Phi) is 5.05. The summed E-state index contributed by atoms with van der Waals surface area (Å²) in [6.45, 7) is 4.05. The first-order valence-corrected chi connectivity index (χ1v) is 5.48. The van der Waals surface area contributed by atoms with Crippen molar-refractivity contribution in [3.63, 3.8) is 0 Å². The number of nitrogens with one attached hydrogen (secondary N) is 1. The predicted molar refractivity (Wildman–Crippen MR) is 57.2 cm³/mol. The molecule has 0 aliphatic rings. The summed E-state index contributed by atoms with van der Waals surface area (Å²) in [5.74, 6) is 0. The Balaban J connectivity index is 2.15. The van der Waals surface area contributed by atoms with Crippen molar-refractivity contribution in [2.45, 2.75) is 19.4 Å². The van der Waals surface area contributed by atoms with Crippen LogP contribution in [0.3, 0.4) is 0 Å². The molecule has 0 aliphatic carbocycles. The Labute approximate surface area is 83.9 Å². The molecule has 1 heterocycles. The summed E-state index contributed by atoms with van der Waals surface area (Å²) in [5.41, 5.74) is 0. The molecule has 0 radical (unpaired) electrons. The molecular formula is C10H17NOS. The van der Waals surface area contributed by atoms with E-state index >= 15 is 0 Å². The Morgan fingerprint density at radius 2 is 2.46 bits per heavy atom. The minimum atomic E-state index is 0.469. The van der Waals surface area contributed by atoms with Crippen molar-refractivity contribution in [1.29, 1.82) is 0 Å². The van der Waals surface area contributed by atoms with E-state index in [1.54, 1.807) is 18.4 Å². The molecule has 1 atom stereocenters. The minimum absolute atomic E-state index is 0.469. The Morgan fingerprint density at radius 1 is 1.62 bits per heavy atom. The first-order chi connectivity index (χ1) is 6.34. The van der Waals surface area contributed by atoms with Gasteiger partial charge >= 0.3 is 0 Å². The van der Waals surface area contributed by atoms with Gasteiger partial charge in [-0.3, -0.25) is 0 Å². The topological polar surface area (TPSA) is 21.3 Å². The van der Waals surface area contributed by atoms with Crippen molar-refractivity contribution in [2.75, 3.05) is 20.3 Å². The third-order valence-electron chi connectivity index (χ3n) is 1.95. The maximum absolute atomic E-state index is 4.98. The van der Waals surface area contributed by atoms with Crippen LogP contribution < -0.4 is 5.32 Å². The molecule has 1 N–H and O–H groups in total. The fourth-order valence-corrected chi connectivity index (χ4v) is 1.93. The highest BCUT2D eigenvalue weighted by atomic mass is 32.1. The first-order valence-electron chi connectivity index (χ1n) is 4.60. The zero-order valence-corrected chi connectivity index (χ0v) is 9.06. The van der Waals surface area contributed by atoms with Crippen molar-refractivity contribution in [3.8, 4) is 0 Å². The molecule has 13 heavy (non-hydrogen) atoms. The summed E-state index contributed by atoms with van der Waals surface area (Å²) in [6, 6.07) is 4.73. The van der Waals surface area contributed by atoms with Crippen LogP contribution in [-0.2, 0) is 4.74 Å². The van der Waals surface area contributed by atoms with Crippen LogP contribution in [0.15, 0.2) is 17.5 Å². The summed E-state index contributed by atoms with van der Waals surface area (Å²) >= 11 is 1.80. The SMILES string of the molecule is COCCCN[C@H](C)c1cccs1. The molecule has 0 unspecified atom stereocenters. The lowest BCUT2D eigenvalue weighted by Gasteiger charge is -2.11. The van der Waals surface area contributed by atoms with Crippen LogP contribution in [0.5, 0.6) is 0 Å². The molecule has 0 amide bonds. The second kappa shape index (κ2) is 6.13. The Hall–Kier alpha value is -0.380. The van der Waals surface area contributed by atoms with Gasteiger partial charge in [0.1, 0.15) is 0 Å². The smallest absolute Gasteiger partial charge is 0.0474 e. The maximum atomic E-state index is 4.98. The monoisotopic (exact) mass is 199 g/mol. The molecule has 74 valence electrons. The van der Waals surface area contributed by atoms with E-state index in [1.165, 1.54) is 4.88 Å². The largest absolute Gasteiger partial charge is 0.385 e. The maximum Gasteiger partial charge on any atom is 0.0474 e. The number of methoxy groups -OCH3 is 1. The predicted octanol–water partition coefficient (Wildman–Crippen LogP) is 2.44. The average molecular weight is 199 g/mol. The fourth-order valence-electron chi connectivity index (χ4n) is 1.17. The van der Waals surface area contributed by atoms with Gasteiger partial charge in [-0.1, -0.05) is 6.07 Å². The van der Waals surface area contributed by atoms with E-state index in [0.717, 1.165) is 19.6 Å². The molecule has 0 saturated heterocycles. The molecule has 0 saturated carbocycles. The summed E-state index contributed by atoms with van der Waals surface area (Å²) in [5, 5.41) is 5.56. The number of hydrogen-bond acceptors (Lipinski definition) is 3. The van der Waals surface area contributed by atoms with Gasteiger partial charge in [0.25, 0.3) is 0 Å². The Morgan fingerprint density at radius 3 is 3.08 bits per heavy atom. The van der Waals surface area contributed by atoms with Gasteiger partial charge in [-0.25, -0.2) is 0 Å². The van der Waals surface area contributed by atoms with Gasteiger partial charge in [-0.2, -0.15) is 0 Å². The second-order valence-corrected chi connectivity index (χ2v) is 4.02. The highest BCUT2D eigenvalue weighted by Gasteiger charge is 2.03. The lowest BCUT2D eigenvalue weighted by atomic mass is 10.2. The molecule has 3 heteroatoms. The van der Waals surface area contributed by atoms with Gasteiger partial charge < -0.3 is 10.1 Å². The lowest BCUT2D eigenvalue weighted by molar-refractivity contribution is 0.193. The van der Waals surface area contributed by atoms with E-state index in [4.69, 9.17) is 4.74 Å². The van der Waals surface area contributed by atoms with Crippen molar-refractivity contribution in [3.05, 3.63) is 22.4 Å². The third kappa shape index (κ3) is 3.89. The fraction of sp³-hybridized carbons (Fsp3) is 0.600. The molecule has 0 fully saturated rings. The Bertz CT molecular complexity index is 211. The van der Waals surface area contributed by atoms with E-state index in [1.807, 2.05) is 0 Å². The van der Waals surface area contributed by atoms with Crippen LogP contribution in [0, 0.1) is 0 Å². The summed E-state index contributed by atoms with van der Waals surface area (Å²) in [6.07, 6.45) is 1.08. The van der Waals surface area contributed by atoms with Crippen molar-refractivity contribution < 1.29 is 4.74 Å². The molecule has 1 aromatic rings. The van der Waals surface area contributed by atoms with Gasteiger partial charge in [-0.05, 0) is 31.3 Å². The van der Waals surface area contributed by atoms with Crippen LogP contribution >= 0.6 is 11.3 Å². The number of thiophene rings is 1. The normalized spacial score (nSPS) is 13.1. The number of ether oxygens (including phenoxy) is 1. The lowest BCUT2D eigenvalue weighted by Crippen LogP contribution is -2.19. The molecule has 0 spiro atoms. The third-order valence-corrected chi connectivity index (χ3v) is 3.00. The van der Waals surface area contributed by atoms with Crippen molar-refractivity contribution in [1.82, 2.24) is 5.32 Å². The van der Waals surface area contributed by atoms with E-state index < -0.39 is 0 Å². The standard InChI is InChI=1S/C10H17NOS/c1-9(10-5-3-8-13-10)11-6-4-7-12-2/h3,5,8-9,11H,4,6-7H2,1-2H3/t9-/m1/s1. The average Bonchev–Trinajstić information content (AvgIpc) is 2.65. The van der Waals surface area contributed by atoms with Gasteiger partial charge in [0.05, 0.1) is 0 Å². The van der Waals surface area contributed by atoms with E-state index in [9.17, 15) is 0 Å². The summed E-state index contributed by atoms with van der Waals surface area (Å²) in [7, 11) is 1.74. The summed E-state index contributed by atoms with van der Waals surface area (Å²) < 4.78 is 4.98. The van der Waals surface area contributed by atoms with E-state index in [0.29, 0.717) is 6.04 Å². The quantitative estimate of drug-likeness (QED) is 0.710. The molecule has 1 aromatic heterocycles. The van der Waals surface area contributed by atoms with Crippen LogP contribution in [0.1, 0.15) is 24.3 Å². The first kappa shape index (κ1) is 10.7. The van der Waals surface area contributed by atoms with Gasteiger partial charge in [0.15, 0.2) is 0 Å².